The maximum Gasteiger partial charge on any atom is 0.273 e. The number of nitrogens with zero attached hydrogens (tertiary/aromatic N) is 2. The van der Waals surface area contributed by atoms with Crippen molar-refractivity contribution in [3.63, 3.8) is 0 Å². The number of ether oxygens (including phenoxy) is 2. The normalized spacial score (nSPS) is 12.1. The van der Waals surface area contributed by atoms with Crippen molar-refractivity contribution >= 4 is 17.2 Å². The summed E-state index contributed by atoms with van der Waals surface area (Å²) in [6.45, 7) is 0.750. The summed E-state index contributed by atoms with van der Waals surface area (Å²) in [6, 6.07) is 9.29. The second-order valence-electron chi connectivity index (χ2n) is 6.20. The first-order valence-electron chi connectivity index (χ1n) is 8.84. The van der Waals surface area contributed by atoms with Gasteiger partial charge in [-0.05, 0) is 36.1 Å². The van der Waals surface area contributed by atoms with Crippen LogP contribution < -0.4 is 20.3 Å². The molecule has 0 aliphatic carbocycles. The number of hydrogen-bond acceptors (Lipinski definition) is 7. The van der Waals surface area contributed by atoms with E-state index in [0.717, 1.165) is 6.42 Å². The Kier molecular flexibility index (Phi) is 5.34. The Labute approximate surface area is 164 Å². The van der Waals surface area contributed by atoms with Crippen LogP contribution in [-0.4, -0.2) is 34.4 Å². The molecule has 28 heavy (non-hydrogen) atoms. The Hall–Kier alpha value is -3.20. The lowest BCUT2D eigenvalue weighted by atomic mass is 10.2. The molecule has 1 aromatic carbocycles. The van der Waals surface area contributed by atoms with Crippen LogP contribution in [0, 0.1) is 0 Å². The quantitative estimate of drug-likeness (QED) is 0.630. The number of amides is 1. The van der Waals surface area contributed by atoms with Gasteiger partial charge in [0, 0.05) is 29.8 Å². The second kappa shape index (κ2) is 8.22. The fourth-order valence-electron chi connectivity index (χ4n) is 2.80. The van der Waals surface area contributed by atoms with Crippen LogP contribution in [0.25, 0.3) is 11.4 Å². The zero-order valence-electron chi connectivity index (χ0n) is 14.9. The van der Waals surface area contributed by atoms with E-state index in [9.17, 15) is 9.59 Å². The van der Waals surface area contributed by atoms with Gasteiger partial charge in [-0.2, -0.15) is 0 Å². The molecule has 0 fully saturated rings. The largest absolute Gasteiger partial charge is 0.454 e. The van der Waals surface area contributed by atoms with E-state index in [1.165, 1.54) is 4.88 Å². The first-order valence-corrected chi connectivity index (χ1v) is 9.72. The lowest BCUT2D eigenvalue weighted by Crippen LogP contribution is -2.27. The number of thiophene rings is 1. The second-order valence-corrected chi connectivity index (χ2v) is 7.23. The number of aromatic amines is 1. The number of rotatable bonds is 7. The highest BCUT2D eigenvalue weighted by molar-refractivity contribution is 7.09. The number of nitrogens with one attached hydrogen (secondary N) is 2. The average Bonchev–Trinajstić information content (AvgIpc) is 3.38. The number of aromatic nitrogens is 3. The molecular formula is C19H18N4O4S. The predicted octanol–water partition coefficient (Wildman–Crippen LogP) is 1.91. The van der Waals surface area contributed by atoms with Gasteiger partial charge in [-0.3, -0.25) is 9.59 Å². The van der Waals surface area contributed by atoms with Gasteiger partial charge in [-0.25, -0.2) is 0 Å². The van der Waals surface area contributed by atoms with Gasteiger partial charge < -0.3 is 19.8 Å². The van der Waals surface area contributed by atoms with Gasteiger partial charge in [0.1, 0.15) is 5.69 Å². The number of hydrogen-bond donors (Lipinski definition) is 2. The van der Waals surface area contributed by atoms with Crippen LogP contribution >= 0.6 is 11.3 Å². The molecule has 1 aliphatic heterocycles. The topological polar surface area (TPSA) is 106 Å². The molecule has 4 rings (SSSR count). The number of fused-ring (bicyclic) bond motifs is 1. The van der Waals surface area contributed by atoms with Crippen molar-refractivity contribution in [1.82, 2.24) is 20.5 Å². The van der Waals surface area contributed by atoms with Crippen molar-refractivity contribution in [2.45, 2.75) is 19.3 Å². The molecule has 1 amide bonds. The zero-order valence-corrected chi connectivity index (χ0v) is 15.8. The van der Waals surface area contributed by atoms with Gasteiger partial charge in [0.2, 0.25) is 12.7 Å². The van der Waals surface area contributed by atoms with Crippen LogP contribution in [0.15, 0.2) is 40.5 Å². The monoisotopic (exact) mass is 398 g/mol. The van der Waals surface area contributed by atoms with E-state index in [1.807, 2.05) is 17.5 Å². The molecule has 1 aliphatic rings. The van der Waals surface area contributed by atoms with E-state index >= 15 is 0 Å². The summed E-state index contributed by atoms with van der Waals surface area (Å²) in [6.07, 6.45) is 1.22. The van der Waals surface area contributed by atoms with Crippen molar-refractivity contribution in [3.8, 4) is 22.9 Å². The molecule has 2 aromatic heterocycles. The molecule has 0 saturated heterocycles. The van der Waals surface area contributed by atoms with Crippen LogP contribution in [0.2, 0.25) is 0 Å². The smallest absolute Gasteiger partial charge is 0.273 e. The molecule has 0 radical (unpaired) electrons. The summed E-state index contributed by atoms with van der Waals surface area (Å²) in [7, 11) is 0. The van der Waals surface area contributed by atoms with E-state index < -0.39 is 0 Å². The first-order chi connectivity index (χ1) is 13.7. The van der Waals surface area contributed by atoms with Crippen LogP contribution in [0.4, 0.5) is 0 Å². The minimum atomic E-state index is -0.353. The SMILES string of the molecule is O=C(CCc1nnc(-c2ccc3c(c2)OCO3)[nH]c1=O)NCCc1cccs1. The molecule has 0 spiro atoms. The third kappa shape index (κ3) is 4.20. The molecule has 0 atom stereocenters. The highest BCUT2D eigenvalue weighted by atomic mass is 32.1. The lowest BCUT2D eigenvalue weighted by Gasteiger charge is -2.05. The maximum absolute atomic E-state index is 12.3. The van der Waals surface area contributed by atoms with Gasteiger partial charge in [0.15, 0.2) is 17.3 Å². The molecule has 3 aromatic rings. The lowest BCUT2D eigenvalue weighted by molar-refractivity contribution is -0.121. The van der Waals surface area contributed by atoms with E-state index in [2.05, 4.69) is 20.5 Å². The standard InChI is InChI=1S/C19H18N4O4S/c24-17(20-8-7-13-2-1-9-28-13)6-4-14-19(25)21-18(23-22-14)12-3-5-15-16(10-12)27-11-26-15/h1-3,5,9-10H,4,6-8,11H2,(H,20,24)(H,21,23,25). The number of H-pyrrole nitrogens is 1. The average molecular weight is 398 g/mol. The predicted molar refractivity (Wildman–Crippen MR) is 104 cm³/mol. The molecule has 9 heteroatoms. The first kappa shape index (κ1) is 18.2. The number of carbonyl (C=O) groups excluding carboxylic acids is 1. The fraction of sp³-hybridized carbons (Fsp3) is 0.263. The van der Waals surface area contributed by atoms with Gasteiger partial charge in [-0.1, -0.05) is 6.07 Å². The summed E-state index contributed by atoms with van der Waals surface area (Å²) in [5.41, 5.74) is 0.554. The third-order valence-electron chi connectivity index (χ3n) is 4.27. The molecule has 8 nitrogen and oxygen atoms in total. The molecule has 0 saturated carbocycles. The highest BCUT2D eigenvalue weighted by Gasteiger charge is 2.15. The van der Waals surface area contributed by atoms with Crippen molar-refractivity contribution in [2.24, 2.45) is 0 Å². The highest BCUT2D eigenvalue weighted by Crippen LogP contribution is 2.34. The summed E-state index contributed by atoms with van der Waals surface area (Å²) in [5.74, 6) is 1.48. The Morgan fingerprint density at radius 2 is 2.07 bits per heavy atom. The van der Waals surface area contributed by atoms with E-state index in [4.69, 9.17) is 9.47 Å². The third-order valence-corrected chi connectivity index (χ3v) is 5.21. The van der Waals surface area contributed by atoms with Crippen LogP contribution in [0.5, 0.6) is 11.5 Å². The van der Waals surface area contributed by atoms with Gasteiger partial charge >= 0.3 is 0 Å². The molecule has 0 unspecified atom stereocenters. The van der Waals surface area contributed by atoms with E-state index in [-0.39, 0.29) is 36.8 Å². The van der Waals surface area contributed by atoms with E-state index in [0.29, 0.717) is 29.4 Å². The fourth-order valence-corrected chi connectivity index (χ4v) is 3.51. The van der Waals surface area contributed by atoms with Crippen LogP contribution in [-0.2, 0) is 17.6 Å². The summed E-state index contributed by atoms with van der Waals surface area (Å²) in [4.78, 5) is 28.2. The Bertz CT molecular complexity index is 1030. The number of aryl methyl sites for hydroxylation is 1. The number of carbonyl (C=O) groups is 1. The Morgan fingerprint density at radius 3 is 2.89 bits per heavy atom. The van der Waals surface area contributed by atoms with Crippen molar-refractivity contribution in [1.29, 1.82) is 0 Å². The van der Waals surface area contributed by atoms with Crippen molar-refractivity contribution < 1.29 is 14.3 Å². The van der Waals surface area contributed by atoms with Crippen molar-refractivity contribution in [2.75, 3.05) is 13.3 Å². The molecule has 2 N–H and O–H groups in total. The summed E-state index contributed by atoms with van der Waals surface area (Å²) < 4.78 is 10.6. The molecule has 0 bridgehead atoms. The zero-order chi connectivity index (χ0) is 19.3. The molecule has 144 valence electrons. The molecule has 3 heterocycles. The van der Waals surface area contributed by atoms with Gasteiger partial charge in [0.05, 0.1) is 0 Å². The minimum absolute atomic E-state index is 0.113. The number of benzene rings is 1. The van der Waals surface area contributed by atoms with Crippen molar-refractivity contribution in [3.05, 3.63) is 56.6 Å². The van der Waals surface area contributed by atoms with Gasteiger partial charge in [0.25, 0.3) is 5.56 Å². The van der Waals surface area contributed by atoms with Crippen LogP contribution in [0.1, 0.15) is 17.0 Å². The minimum Gasteiger partial charge on any atom is -0.454 e. The Balaban J connectivity index is 1.33. The summed E-state index contributed by atoms with van der Waals surface area (Å²) >= 11 is 1.66. The van der Waals surface area contributed by atoms with Crippen LogP contribution in [0.3, 0.4) is 0 Å². The summed E-state index contributed by atoms with van der Waals surface area (Å²) in [5, 5.41) is 12.9. The Morgan fingerprint density at radius 1 is 1.18 bits per heavy atom. The molecular weight excluding hydrogens is 380 g/mol. The van der Waals surface area contributed by atoms with E-state index in [1.54, 1.807) is 29.5 Å². The van der Waals surface area contributed by atoms with Gasteiger partial charge in [-0.15, -0.1) is 21.5 Å². The maximum atomic E-state index is 12.3.